The molecule has 0 saturated heterocycles. The quantitative estimate of drug-likeness (QED) is 0.807. The van der Waals surface area contributed by atoms with Crippen LogP contribution in [0.25, 0.3) is 5.52 Å². The molecule has 0 bridgehead atoms. The minimum absolute atomic E-state index is 0.345. The Balaban J connectivity index is 1.91. The van der Waals surface area contributed by atoms with E-state index in [0.29, 0.717) is 17.0 Å². The van der Waals surface area contributed by atoms with Crippen LogP contribution < -0.4 is 5.73 Å². The van der Waals surface area contributed by atoms with E-state index in [9.17, 15) is 4.39 Å². The lowest BCUT2D eigenvalue weighted by molar-refractivity contribution is 0.594. The van der Waals surface area contributed by atoms with E-state index in [1.807, 2.05) is 0 Å². The van der Waals surface area contributed by atoms with E-state index in [4.69, 9.17) is 17.3 Å². The van der Waals surface area contributed by atoms with Crippen LogP contribution in [-0.2, 0) is 6.42 Å². The lowest BCUT2D eigenvalue weighted by atomic mass is 10.0. The summed E-state index contributed by atoms with van der Waals surface area (Å²) in [6, 6.07) is 4.25. The first kappa shape index (κ1) is 13.0. The van der Waals surface area contributed by atoms with Crippen molar-refractivity contribution in [3.8, 4) is 0 Å². The average molecular weight is 291 g/mol. The summed E-state index contributed by atoms with van der Waals surface area (Å²) in [5.41, 5.74) is 8.36. The lowest BCUT2D eigenvalue weighted by Gasteiger charge is -2.11. The topological polar surface area (TPSA) is 56.2 Å². The van der Waals surface area contributed by atoms with Gasteiger partial charge in [-0.1, -0.05) is 17.7 Å². The molecule has 3 aromatic rings. The molecule has 0 amide bonds. The normalized spacial score (nSPS) is 12.8. The van der Waals surface area contributed by atoms with Gasteiger partial charge < -0.3 is 5.73 Å². The van der Waals surface area contributed by atoms with E-state index < -0.39 is 0 Å². The number of hydrogen-bond donors (Lipinski definition) is 1. The molecule has 102 valence electrons. The Morgan fingerprint density at radius 1 is 1.35 bits per heavy atom. The van der Waals surface area contributed by atoms with Gasteiger partial charge in [-0.2, -0.15) is 5.10 Å². The van der Waals surface area contributed by atoms with Crippen LogP contribution in [0.3, 0.4) is 0 Å². The average Bonchev–Trinajstić information content (AvgIpc) is 2.86. The Labute approximate surface area is 120 Å². The number of nitrogens with zero attached hydrogens (tertiary/aromatic N) is 3. The highest BCUT2D eigenvalue weighted by molar-refractivity contribution is 6.30. The van der Waals surface area contributed by atoms with Crippen molar-refractivity contribution in [3.63, 3.8) is 0 Å². The van der Waals surface area contributed by atoms with Gasteiger partial charge in [-0.25, -0.2) is 8.91 Å². The van der Waals surface area contributed by atoms with Crippen molar-refractivity contribution in [1.29, 1.82) is 0 Å². The maximum atomic E-state index is 13.8. The number of hydrogen-bond acceptors (Lipinski definition) is 3. The Kier molecular flexibility index (Phi) is 3.38. The third-order valence-electron chi connectivity index (χ3n) is 3.21. The number of rotatable bonds is 3. The molecule has 2 aromatic heterocycles. The fourth-order valence-corrected chi connectivity index (χ4v) is 2.33. The van der Waals surface area contributed by atoms with Gasteiger partial charge in [0.1, 0.15) is 5.82 Å². The summed E-state index contributed by atoms with van der Waals surface area (Å²) >= 11 is 5.74. The predicted molar refractivity (Wildman–Crippen MR) is 75.0 cm³/mol. The fourth-order valence-electron chi connectivity index (χ4n) is 2.17. The van der Waals surface area contributed by atoms with Gasteiger partial charge in [0, 0.05) is 29.0 Å². The van der Waals surface area contributed by atoms with Gasteiger partial charge >= 0.3 is 0 Å². The standard InChI is InChI=1S/C14H12ClFN4/c15-10-2-1-9(12(16)6-10)5-13(17)11-7-19-20-4-3-18-8-14(11)20/h1-4,6-8,13H,5,17H2. The van der Waals surface area contributed by atoms with E-state index in [0.717, 1.165) is 11.1 Å². The van der Waals surface area contributed by atoms with Crippen LogP contribution in [-0.4, -0.2) is 14.6 Å². The van der Waals surface area contributed by atoms with Crippen molar-refractivity contribution in [3.05, 3.63) is 65.0 Å². The summed E-state index contributed by atoms with van der Waals surface area (Å²) in [6.07, 6.45) is 7.15. The Bertz CT molecular complexity index is 756. The first-order valence-electron chi connectivity index (χ1n) is 6.12. The van der Waals surface area contributed by atoms with E-state index in [-0.39, 0.29) is 11.9 Å². The molecule has 0 aliphatic carbocycles. The number of aromatic nitrogens is 3. The molecule has 4 nitrogen and oxygen atoms in total. The first-order chi connectivity index (χ1) is 9.65. The van der Waals surface area contributed by atoms with Gasteiger partial charge in [-0.15, -0.1) is 0 Å². The number of fused-ring (bicyclic) bond motifs is 1. The molecule has 3 rings (SSSR count). The molecular formula is C14H12ClFN4. The smallest absolute Gasteiger partial charge is 0.127 e. The van der Waals surface area contributed by atoms with Crippen molar-refractivity contribution in [2.75, 3.05) is 0 Å². The van der Waals surface area contributed by atoms with Crippen LogP contribution >= 0.6 is 11.6 Å². The molecule has 0 aliphatic heterocycles. The molecule has 20 heavy (non-hydrogen) atoms. The maximum absolute atomic E-state index is 13.8. The zero-order chi connectivity index (χ0) is 14.1. The second-order valence-corrected chi connectivity index (χ2v) is 4.99. The number of halogens is 2. The van der Waals surface area contributed by atoms with Crippen molar-refractivity contribution in [1.82, 2.24) is 14.6 Å². The Morgan fingerprint density at radius 3 is 3.00 bits per heavy atom. The number of nitrogens with two attached hydrogens (primary N) is 1. The Hall–Kier alpha value is -1.98. The monoisotopic (exact) mass is 290 g/mol. The van der Waals surface area contributed by atoms with E-state index >= 15 is 0 Å². The Morgan fingerprint density at radius 2 is 2.20 bits per heavy atom. The highest BCUT2D eigenvalue weighted by Crippen LogP contribution is 2.23. The first-order valence-corrected chi connectivity index (χ1v) is 6.49. The van der Waals surface area contributed by atoms with E-state index in [2.05, 4.69) is 10.1 Å². The van der Waals surface area contributed by atoms with Crippen LogP contribution in [0, 0.1) is 5.82 Å². The van der Waals surface area contributed by atoms with Crippen LogP contribution in [0.5, 0.6) is 0 Å². The van der Waals surface area contributed by atoms with Gasteiger partial charge in [0.05, 0.1) is 17.9 Å². The van der Waals surface area contributed by atoms with Crippen LogP contribution in [0.2, 0.25) is 5.02 Å². The van der Waals surface area contributed by atoms with Crippen molar-refractivity contribution in [2.45, 2.75) is 12.5 Å². The molecule has 1 unspecified atom stereocenters. The van der Waals surface area contributed by atoms with Gasteiger partial charge in [0.25, 0.3) is 0 Å². The molecule has 0 fully saturated rings. The second-order valence-electron chi connectivity index (χ2n) is 4.55. The number of benzene rings is 1. The molecule has 0 spiro atoms. The van der Waals surface area contributed by atoms with Crippen molar-refractivity contribution >= 4 is 17.1 Å². The van der Waals surface area contributed by atoms with Crippen LogP contribution in [0.1, 0.15) is 17.2 Å². The summed E-state index contributed by atoms with van der Waals surface area (Å²) in [4.78, 5) is 4.06. The van der Waals surface area contributed by atoms with E-state index in [1.165, 1.54) is 6.07 Å². The van der Waals surface area contributed by atoms with Crippen LogP contribution in [0.4, 0.5) is 4.39 Å². The van der Waals surface area contributed by atoms with Gasteiger partial charge in [0.15, 0.2) is 0 Å². The molecule has 2 N–H and O–H groups in total. The predicted octanol–water partition coefficient (Wildman–Crippen LogP) is 2.76. The van der Waals surface area contributed by atoms with Gasteiger partial charge in [-0.05, 0) is 24.1 Å². The molecule has 0 aliphatic rings. The minimum Gasteiger partial charge on any atom is -0.324 e. The van der Waals surface area contributed by atoms with Crippen molar-refractivity contribution in [2.24, 2.45) is 5.73 Å². The van der Waals surface area contributed by atoms with Gasteiger partial charge in [0.2, 0.25) is 0 Å². The molecule has 2 heterocycles. The zero-order valence-electron chi connectivity index (χ0n) is 10.5. The summed E-state index contributed by atoms with van der Waals surface area (Å²) in [7, 11) is 0. The molecule has 0 radical (unpaired) electrons. The lowest BCUT2D eigenvalue weighted by Crippen LogP contribution is -2.14. The summed E-state index contributed by atoms with van der Waals surface area (Å²) in [6.45, 7) is 0. The molecule has 0 saturated carbocycles. The summed E-state index contributed by atoms with van der Waals surface area (Å²) < 4.78 is 15.5. The minimum atomic E-state index is -0.354. The summed E-state index contributed by atoms with van der Waals surface area (Å²) in [5.74, 6) is -0.345. The van der Waals surface area contributed by atoms with Crippen molar-refractivity contribution < 1.29 is 4.39 Å². The molecule has 1 aromatic carbocycles. The third-order valence-corrected chi connectivity index (χ3v) is 3.44. The fraction of sp³-hybridized carbons (Fsp3) is 0.143. The third kappa shape index (κ3) is 2.37. The second kappa shape index (κ2) is 5.19. The SMILES string of the molecule is NC(Cc1ccc(Cl)cc1F)c1cnn2ccncc12. The largest absolute Gasteiger partial charge is 0.324 e. The van der Waals surface area contributed by atoms with E-state index in [1.54, 1.807) is 41.4 Å². The highest BCUT2D eigenvalue weighted by atomic mass is 35.5. The highest BCUT2D eigenvalue weighted by Gasteiger charge is 2.15. The molecule has 1 atom stereocenters. The zero-order valence-corrected chi connectivity index (χ0v) is 11.3. The molecular weight excluding hydrogens is 279 g/mol. The molecule has 6 heteroatoms. The van der Waals surface area contributed by atoms with Gasteiger partial charge in [-0.3, -0.25) is 4.98 Å². The summed E-state index contributed by atoms with van der Waals surface area (Å²) in [5, 5.41) is 4.57. The maximum Gasteiger partial charge on any atom is 0.127 e. The van der Waals surface area contributed by atoms with Crippen LogP contribution in [0.15, 0.2) is 43.0 Å².